The molecule has 0 bridgehead atoms. The Morgan fingerprint density at radius 3 is 3.04 bits per heavy atom. The van der Waals surface area contributed by atoms with Crippen LogP contribution in [0.4, 0.5) is 5.13 Å². The van der Waals surface area contributed by atoms with Crippen LogP contribution in [0.25, 0.3) is 5.82 Å². The smallest absolute Gasteiger partial charge is 0.220 e. The first-order valence-electron chi connectivity index (χ1n) is 7.11. The molecule has 1 amide bonds. The average molecular weight is 328 g/mol. The summed E-state index contributed by atoms with van der Waals surface area (Å²) in [5.41, 5.74) is 7.35. The van der Waals surface area contributed by atoms with Gasteiger partial charge in [0.1, 0.15) is 12.1 Å². The van der Waals surface area contributed by atoms with Crippen molar-refractivity contribution in [2.24, 2.45) is 0 Å². The van der Waals surface area contributed by atoms with E-state index in [1.165, 1.54) is 11.3 Å². The molecule has 0 spiro atoms. The minimum absolute atomic E-state index is 0.0306. The summed E-state index contributed by atoms with van der Waals surface area (Å²) >= 11 is 1.38. The van der Waals surface area contributed by atoms with Crippen LogP contribution in [0, 0.1) is 0 Å². The number of thiazole rings is 1. The molecular weight excluding hydrogens is 312 g/mol. The van der Waals surface area contributed by atoms with Gasteiger partial charge in [-0.2, -0.15) is 0 Å². The van der Waals surface area contributed by atoms with Crippen LogP contribution in [0.15, 0.2) is 42.4 Å². The summed E-state index contributed by atoms with van der Waals surface area (Å²) < 4.78 is 1.82. The molecule has 0 saturated carbocycles. The van der Waals surface area contributed by atoms with E-state index in [0.29, 0.717) is 24.5 Å². The highest BCUT2D eigenvalue weighted by Gasteiger charge is 2.08. The maximum atomic E-state index is 12.0. The highest BCUT2D eigenvalue weighted by molar-refractivity contribution is 7.13. The van der Waals surface area contributed by atoms with Crippen molar-refractivity contribution in [1.29, 1.82) is 0 Å². The van der Waals surface area contributed by atoms with E-state index in [4.69, 9.17) is 5.73 Å². The van der Waals surface area contributed by atoms with Gasteiger partial charge in [-0.3, -0.25) is 9.36 Å². The third-order valence-electron chi connectivity index (χ3n) is 3.27. The fourth-order valence-electron chi connectivity index (χ4n) is 2.15. The number of hydrogen-bond donors (Lipinski definition) is 2. The Labute approximate surface area is 137 Å². The predicted molar refractivity (Wildman–Crippen MR) is 88.1 cm³/mol. The molecule has 3 N–H and O–H groups in total. The number of nitrogens with one attached hydrogen (secondary N) is 1. The van der Waals surface area contributed by atoms with Crippen LogP contribution in [0.3, 0.4) is 0 Å². The van der Waals surface area contributed by atoms with Crippen LogP contribution >= 0.6 is 11.3 Å². The van der Waals surface area contributed by atoms with E-state index in [2.05, 4.69) is 20.3 Å². The number of anilines is 1. The number of nitrogen functional groups attached to an aromatic ring is 1. The van der Waals surface area contributed by atoms with Crippen LogP contribution in [0.5, 0.6) is 0 Å². The van der Waals surface area contributed by atoms with E-state index in [-0.39, 0.29) is 5.91 Å². The van der Waals surface area contributed by atoms with Crippen molar-refractivity contribution >= 4 is 22.4 Å². The third-order valence-corrected chi connectivity index (χ3v) is 3.99. The number of rotatable bonds is 6. The fourth-order valence-corrected chi connectivity index (χ4v) is 2.74. The van der Waals surface area contributed by atoms with Crippen LogP contribution in [0.1, 0.15) is 17.7 Å². The van der Waals surface area contributed by atoms with Gasteiger partial charge in [0.2, 0.25) is 5.91 Å². The van der Waals surface area contributed by atoms with Crippen molar-refractivity contribution in [3.63, 3.8) is 0 Å². The normalized spacial score (nSPS) is 10.6. The highest BCUT2D eigenvalue weighted by atomic mass is 32.1. The second kappa shape index (κ2) is 7.01. The van der Waals surface area contributed by atoms with E-state index in [1.807, 2.05) is 28.3 Å². The molecule has 118 valence electrons. The number of carbonyl (C=O) groups is 1. The van der Waals surface area contributed by atoms with Crippen molar-refractivity contribution in [3.8, 4) is 5.82 Å². The van der Waals surface area contributed by atoms with Crippen LogP contribution in [0.2, 0.25) is 0 Å². The van der Waals surface area contributed by atoms with E-state index in [0.717, 1.165) is 17.1 Å². The average Bonchev–Trinajstić information content (AvgIpc) is 3.23. The summed E-state index contributed by atoms with van der Waals surface area (Å²) in [5.74, 6) is 0.731. The van der Waals surface area contributed by atoms with Crippen molar-refractivity contribution in [2.75, 3.05) is 5.73 Å². The fraction of sp³-hybridized carbons (Fsp3) is 0.200. The molecule has 0 atom stereocenters. The second-order valence-electron chi connectivity index (χ2n) is 4.91. The van der Waals surface area contributed by atoms with Gasteiger partial charge in [0.15, 0.2) is 5.13 Å². The summed E-state index contributed by atoms with van der Waals surface area (Å²) in [6.07, 6.45) is 7.87. The summed E-state index contributed by atoms with van der Waals surface area (Å²) in [4.78, 5) is 24.5. The molecule has 7 nitrogen and oxygen atoms in total. The molecular formula is C15H16N6OS. The lowest BCUT2D eigenvalue weighted by atomic mass is 10.2. The molecule has 0 fully saturated rings. The van der Waals surface area contributed by atoms with E-state index in [9.17, 15) is 4.79 Å². The SMILES string of the molecule is Nc1nc(CCC(=O)NCc2cccnc2-n2ccnc2)cs1. The Bertz CT molecular complexity index is 783. The number of aryl methyl sites for hydroxylation is 1. The molecule has 0 saturated heterocycles. The minimum atomic E-state index is -0.0306. The largest absolute Gasteiger partial charge is 0.375 e. The number of hydrogen-bond acceptors (Lipinski definition) is 6. The zero-order valence-corrected chi connectivity index (χ0v) is 13.2. The summed E-state index contributed by atoms with van der Waals surface area (Å²) in [7, 11) is 0. The summed E-state index contributed by atoms with van der Waals surface area (Å²) in [6.45, 7) is 0.416. The number of nitrogens with zero attached hydrogens (tertiary/aromatic N) is 4. The molecule has 0 aliphatic carbocycles. The Balaban J connectivity index is 1.57. The lowest BCUT2D eigenvalue weighted by Crippen LogP contribution is -2.24. The highest BCUT2D eigenvalue weighted by Crippen LogP contribution is 2.13. The maximum absolute atomic E-state index is 12.0. The number of nitrogens with two attached hydrogens (primary N) is 1. The molecule has 0 aliphatic heterocycles. The van der Waals surface area contributed by atoms with Gasteiger partial charge < -0.3 is 11.1 Å². The molecule has 0 aliphatic rings. The van der Waals surface area contributed by atoms with Crippen LogP contribution in [-0.4, -0.2) is 25.4 Å². The molecule has 3 aromatic heterocycles. The molecule has 8 heteroatoms. The van der Waals surface area contributed by atoms with Gasteiger partial charge in [-0.1, -0.05) is 6.07 Å². The lowest BCUT2D eigenvalue weighted by Gasteiger charge is -2.10. The van der Waals surface area contributed by atoms with Crippen molar-refractivity contribution in [1.82, 2.24) is 24.8 Å². The van der Waals surface area contributed by atoms with Gasteiger partial charge in [-0.25, -0.2) is 15.0 Å². The minimum Gasteiger partial charge on any atom is -0.375 e. The monoisotopic (exact) mass is 328 g/mol. The van der Waals surface area contributed by atoms with Crippen molar-refractivity contribution in [2.45, 2.75) is 19.4 Å². The molecule has 3 heterocycles. The summed E-state index contributed by atoms with van der Waals surface area (Å²) in [6, 6.07) is 3.78. The molecule has 0 unspecified atom stereocenters. The number of imidazole rings is 1. The second-order valence-corrected chi connectivity index (χ2v) is 5.80. The topological polar surface area (TPSA) is 98.7 Å². The zero-order chi connectivity index (χ0) is 16.1. The molecule has 3 aromatic rings. The summed E-state index contributed by atoms with van der Waals surface area (Å²) in [5, 5.41) is 5.31. The first-order chi connectivity index (χ1) is 11.2. The van der Waals surface area contributed by atoms with Gasteiger partial charge in [0.05, 0.1) is 5.69 Å². The Kier molecular flexibility index (Phi) is 4.62. The quantitative estimate of drug-likeness (QED) is 0.715. The predicted octanol–water partition coefficient (Wildman–Crippen LogP) is 1.55. The van der Waals surface area contributed by atoms with Crippen molar-refractivity contribution in [3.05, 3.63) is 53.7 Å². The number of aromatic nitrogens is 4. The Morgan fingerprint density at radius 1 is 1.39 bits per heavy atom. The third kappa shape index (κ3) is 3.92. The van der Waals surface area contributed by atoms with Gasteiger partial charge >= 0.3 is 0 Å². The lowest BCUT2D eigenvalue weighted by molar-refractivity contribution is -0.121. The van der Waals surface area contributed by atoms with Gasteiger partial charge in [0, 0.05) is 42.5 Å². The molecule has 23 heavy (non-hydrogen) atoms. The standard InChI is InChI=1S/C15H16N6OS/c16-15-20-12(9-23-15)3-4-13(22)19-8-11-2-1-5-18-14(11)21-7-6-17-10-21/h1-2,5-7,9-10H,3-4,8H2,(H2,16,20)(H,19,22). The Morgan fingerprint density at radius 2 is 2.30 bits per heavy atom. The van der Waals surface area contributed by atoms with Crippen LogP contribution in [-0.2, 0) is 17.8 Å². The van der Waals surface area contributed by atoms with Gasteiger partial charge in [-0.05, 0) is 12.5 Å². The van der Waals surface area contributed by atoms with Gasteiger partial charge in [-0.15, -0.1) is 11.3 Å². The van der Waals surface area contributed by atoms with Gasteiger partial charge in [0.25, 0.3) is 0 Å². The maximum Gasteiger partial charge on any atom is 0.220 e. The zero-order valence-electron chi connectivity index (χ0n) is 12.3. The number of amides is 1. The first kappa shape index (κ1) is 15.2. The number of pyridine rings is 1. The van der Waals surface area contributed by atoms with E-state index >= 15 is 0 Å². The van der Waals surface area contributed by atoms with E-state index < -0.39 is 0 Å². The Hall–Kier alpha value is -2.74. The number of carbonyl (C=O) groups excluding carboxylic acids is 1. The molecule has 0 radical (unpaired) electrons. The van der Waals surface area contributed by atoms with E-state index in [1.54, 1.807) is 18.7 Å². The van der Waals surface area contributed by atoms with Crippen molar-refractivity contribution < 1.29 is 4.79 Å². The van der Waals surface area contributed by atoms with Crippen LogP contribution < -0.4 is 11.1 Å². The molecule has 3 rings (SSSR count). The first-order valence-corrected chi connectivity index (χ1v) is 7.99. The molecule has 0 aromatic carbocycles.